The Balaban J connectivity index is -0.0000000402. The monoisotopic (exact) mass is 1700 g/mol. The van der Waals surface area contributed by atoms with Gasteiger partial charge in [0, 0.05) is 42.5 Å². The van der Waals surface area contributed by atoms with Gasteiger partial charge in [0.25, 0.3) is 0 Å². The molecule has 0 aromatic rings. The summed E-state index contributed by atoms with van der Waals surface area (Å²) in [4.78, 5) is 181. The van der Waals surface area contributed by atoms with Crippen molar-refractivity contribution in [2.45, 2.75) is 227 Å². The summed E-state index contributed by atoms with van der Waals surface area (Å²) in [6.07, 6.45) is 7.45. The van der Waals surface area contributed by atoms with Gasteiger partial charge in [-0.15, -0.1) is 11.8 Å². The first-order valence-electron chi connectivity index (χ1n) is 32.3. The number of unbranched alkanes of at least 4 members (excludes halogenated alkanes) is 1. The third-order valence-corrected chi connectivity index (χ3v) is 17.3. The van der Waals surface area contributed by atoms with Crippen LogP contribution in [0.5, 0.6) is 0 Å². The first-order chi connectivity index (χ1) is 46.2. The molecular formula is C52H140NO34P11S. The number of hydrogen-bond donors (Lipinski definition) is 22. The summed E-state index contributed by atoms with van der Waals surface area (Å²) < 4.78 is 142. The summed E-state index contributed by atoms with van der Waals surface area (Å²) in [6, 6.07) is 0.877. The Morgan fingerprint density at radius 2 is 0.707 bits per heavy atom. The van der Waals surface area contributed by atoms with Crippen LogP contribution >= 0.6 is 95.3 Å². The van der Waals surface area contributed by atoms with E-state index < -0.39 is 118 Å². The molecule has 0 aromatic heterocycles. The molecule has 0 saturated heterocycles. The number of allylic oxidation sites excluding steroid dienone is 7. The Hall–Kier alpha value is -0.110. The zero-order valence-corrected chi connectivity index (χ0v) is 74.7. The lowest BCUT2D eigenvalue weighted by atomic mass is 10.4. The van der Waals surface area contributed by atoms with E-state index in [2.05, 4.69) is 4.74 Å². The van der Waals surface area contributed by atoms with Crippen LogP contribution < -0.4 is 0 Å². The first-order valence-corrected chi connectivity index (χ1v) is 50.0. The zero-order valence-electron chi connectivity index (χ0n) is 68.1. The SMILES string of the molecule is C/C=C(\C#N)P(=O)(O)O.C/C=C(\SC)P(=O)(O)O.CC.CC.CC.CC.CC.CC.CC.CC.CC.CC.CC=C(P(=O)(O)O)P(=O)(O)O.CCCCP(=O)(O)O.CCCP(=O)(O)O.CCOCP(=O)(O)O.CCP(=O)(O)O.[2H]/C(=C\C)P(=O)(O)O.[2H]/C(C)=C(/[2H])P(=O)(O)O.[2H]/C(C)=C\P(=O)(O)O. The average Bonchev–Trinajstić information content (AvgIpc) is 0.842. The fraction of sp³-hybridized carbons (Fsp3) is 0.750. The Bertz CT molecular complexity index is 2580. The van der Waals surface area contributed by atoms with Crippen LogP contribution in [0.1, 0.15) is 232 Å². The Morgan fingerprint density at radius 3 is 0.727 bits per heavy atom. The van der Waals surface area contributed by atoms with E-state index in [9.17, 15) is 50.2 Å². The lowest BCUT2D eigenvalue weighted by Crippen LogP contribution is -1.93. The number of nitriles is 1. The fourth-order valence-corrected chi connectivity index (χ4v) is 9.27. The van der Waals surface area contributed by atoms with Crippen molar-refractivity contribution in [2.24, 2.45) is 0 Å². The van der Waals surface area contributed by atoms with Gasteiger partial charge in [-0.05, 0) is 67.6 Å². The highest BCUT2D eigenvalue weighted by atomic mass is 32.2. The molecule has 99 heavy (non-hydrogen) atoms. The van der Waals surface area contributed by atoms with E-state index in [4.69, 9.17) is 118 Å². The quantitative estimate of drug-likeness (QED) is 0.0475. The van der Waals surface area contributed by atoms with Crippen LogP contribution in [0.2, 0.25) is 0 Å². The third-order valence-electron chi connectivity index (χ3n) is 5.35. The van der Waals surface area contributed by atoms with Crippen LogP contribution in [0.15, 0.2) is 68.8 Å². The molecule has 0 saturated carbocycles. The van der Waals surface area contributed by atoms with Crippen LogP contribution in [0.4, 0.5) is 0 Å². The Labute approximate surface area is 605 Å². The minimum atomic E-state index is -4.80. The van der Waals surface area contributed by atoms with Gasteiger partial charge in [0.05, 0.1) is 10.1 Å². The maximum absolute atomic E-state index is 10.4. The fourth-order valence-electron chi connectivity index (χ4n) is 2.56. The van der Waals surface area contributed by atoms with Crippen molar-refractivity contribution in [1.29, 1.82) is 5.26 Å². The van der Waals surface area contributed by atoms with Gasteiger partial charge < -0.3 is 112 Å². The van der Waals surface area contributed by atoms with Gasteiger partial charge in [-0.2, -0.15) is 5.26 Å². The van der Waals surface area contributed by atoms with Crippen molar-refractivity contribution in [2.75, 3.05) is 37.7 Å². The average molecular weight is 1700 g/mol. The van der Waals surface area contributed by atoms with E-state index in [0.29, 0.717) is 25.3 Å². The number of hydrogen-bond acceptors (Lipinski definition) is 14. The molecule has 0 aliphatic carbocycles. The highest BCUT2D eigenvalue weighted by Gasteiger charge is 2.35. The minimum absolute atomic E-state index is 0.00694. The van der Waals surface area contributed by atoms with Gasteiger partial charge in [0.1, 0.15) is 22.8 Å². The minimum Gasteiger partial charge on any atom is -0.369 e. The van der Waals surface area contributed by atoms with E-state index in [-0.39, 0.29) is 29.2 Å². The van der Waals surface area contributed by atoms with Crippen LogP contribution in [-0.2, 0) is 55.0 Å². The topological polar surface area (TPSA) is 666 Å². The van der Waals surface area contributed by atoms with Crippen LogP contribution in [0.25, 0.3) is 0 Å². The van der Waals surface area contributed by atoms with Crippen molar-refractivity contribution in [3.05, 3.63) is 68.8 Å². The highest BCUT2D eigenvalue weighted by molar-refractivity contribution is 8.09. The summed E-state index contributed by atoms with van der Waals surface area (Å²) in [5, 5.41) is 6.43. The van der Waals surface area contributed by atoms with E-state index in [1.807, 2.05) is 145 Å². The molecule has 0 heterocycles. The van der Waals surface area contributed by atoms with Crippen molar-refractivity contribution in [3.63, 3.8) is 0 Å². The molecule has 0 radical (unpaired) electrons. The molecule has 0 aliphatic rings. The van der Waals surface area contributed by atoms with Crippen molar-refractivity contribution in [3.8, 4) is 6.07 Å². The maximum atomic E-state index is 10.4. The molecule has 0 unspecified atom stereocenters. The van der Waals surface area contributed by atoms with E-state index in [1.165, 1.54) is 39.8 Å². The summed E-state index contributed by atoms with van der Waals surface area (Å²) >= 11 is 1.07. The van der Waals surface area contributed by atoms with Gasteiger partial charge in [-0.3, -0.25) is 50.2 Å². The second-order valence-electron chi connectivity index (χ2n) is 12.7. The predicted molar refractivity (Wildman–Crippen MR) is 413 cm³/mol. The standard InChI is InChI=1S/C4H6NO3P.C4H9O3PS.C4H11O3P.C3H8O6P2.C3H9O4P.C3H9O3P.3C3H7O3P.C2H7O3P.10C2H6/c1-2-4(3-5)9(6,7)8;1-3-4(9-2)8(5,6)7;1-2-3-4-8(5,6)7;1-2-3(10(4,5)6)11(7,8)9;1-2-7-3-8(4,5)6;4*1-2-3-7(4,5)6;1-2-6(3,4)5;10*1-2/h2H,1H3,(H2,6,7,8);3H,1-2H3,(H2,5,6,7);2-4H2,1H3,(H2,5,6,7);2H,1H3,(H2,4,5,6)(H2,7,8,9);2-3H2,1H3,(H2,4,5,6);2-3H2,1H3,(H2,4,5,6);3*2-3H,1H3,(H2,4,5,6);2H2,1H3,(H2,3,4,5);10*1-2H3/b4-2+;4-3-;;;;;3*3-2+;;;;;;;;;;;/i;;;;;;2D,3D;3D;2D;;;;;;;;;;;. The normalized spacial score (nSPS) is 11.7. The number of ether oxygens (including phenoxy) is 1. The molecule has 35 nitrogen and oxygen atoms in total. The van der Waals surface area contributed by atoms with Crippen molar-refractivity contribution < 1.29 is 168 Å². The lowest BCUT2D eigenvalue weighted by molar-refractivity contribution is 0.170. The van der Waals surface area contributed by atoms with Gasteiger partial charge in [0.2, 0.25) is 0 Å². The second-order valence-corrected chi connectivity index (χ2v) is 31.7. The summed E-state index contributed by atoms with van der Waals surface area (Å²) in [7, 11) is -45.5. The number of rotatable bonds is 17. The summed E-state index contributed by atoms with van der Waals surface area (Å²) in [5.74, 6) is -0.937. The third kappa shape index (κ3) is 228. The summed E-state index contributed by atoms with van der Waals surface area (Å²) in [5.41, 5.74) is 0. The molecular weight excluding hydrogens is 1560 g/mol. The van der Waals surface area contributed by atoms with E-state index in [0.717, 1.165) is 50.3 Å². The van der Waals surface area contributed by atoms with Crippen LogP contribution in [0.3, 0.4) is 0 Å². The largest absolute Gasteiger partial charge is 0.369 e. The maximum Gasteiger partial charge on any atom is 0.366 e. The molecule has 618 valence electrons. The van der Waals surface area contributed by atoms with Crippen molar-refractivity contribution >= 4 is 95.3 Å². The van der Waals surface area contributed by atoms with E-state index >= 15 is 0 Å². The molecule has 0 rings (SSSR count). The predicted octanol–water partition coefficient (Wildman–Crippen LogP) is 16.4. The number of thioether (sulfide) groups is 1. The molecule has 0 aromatic carbocycles. The number of nitrogens with zero attached hydrogens (tertiary/aromatic N) is 1. The Morgan fingerprint density at radius 1 is 0.404 bits per heavy atom. The molecule has 0 bridgehead atoms. The molecule has 0 fully saturated rings. The second kappa shape index (κ2) is 102. The van der Waals surface area contributed by atoms with Gasteiger partial charge in [-0.1, -0.05) is 202 Å². The molecule has 47 heteroatoms. The molecule has 0 aliphatic heterocycles. The Kier molecular flexibility index (Phi) is 142. The highest BCUT2D eigenvalue weighted by Crippen LogP contribution is 2.63. The lowest BCUT2D eigenvalue weighted by Gasteiger charge is -2.09. The van der Waals surface area contributed by atoms with Gasteiger partial charge in [0.15, 0.2) is 0 Å². The summed E-state index contributed by atoms with van der Waals surface area (Å²) in [6.45, 7) is 55.1. The zero-order chi connectivity index (χ0) is 89.9. The van der Waals surface area contributed by atoms with Crippen LogP contribution in [-0.4, -0.2) is 145 Å². The molecule has 0 spiro atoms. The molecule has 0 atom stereocenters. The first kappa shape index (κ1) is 138. The van der Waals surface area contributed by atoms with Crippen molar-refractivity contribution in [1.82, 2.24) is 0 Å². The van der Waals surface area contributed by atoms with E-state index in [1.54, 1.807) is 27.0 Å². The van der Waals surface area contributed by atoms with Gasteiger partial charge in [-0.25, -0.2) is 0 Å². The molecule has 22 N–H and O–H groups in total. The van der Waals surface area contributed by atoms with Crippen LogP contribution in [0, 0.1) is 11.3 Å². The van der Waals surface area contributed by atoms with Gasteiger partial charge >= 0.3 is 83.6 Å². The molecule has 0 amide bonds. The smallest absolute Gasteiger partial charge is 0.366 e.